The molecule has 3 aliphatic heterocycles. The molecule has 0 spiro atoms. The number of hydrogen-bond donors (Lipinski definition) is 1. The van der Waals surface area contributed by atoms with Gasteiger partial charge in [-0.1, -0.05) is 18.2 Å². The fraction of sp³-hybridized carbons (Fsp3) is 0.696. The van der Waals surface area contributed by atoms with Crippen molar-refractivity contribution in [2.45, 2.75) is 12.8 Å². The lowest BCUT2D eigenvalue weighted by Gasteiger charge is -2.38. The maximum absolute atomic E-state index is 12.2. The van der Waals surface area contributed by atoms with Gasteiger partial charge >= 0.3 is 5.97 Å². The minimum Gasteiger partial charge on any atom is -0.364 e. The monoisotopic (exact) mass is 415 g/mol. The van der Waals surface area contributed by atoms with Crippen LogP contribution in [0, 0.1) is 5.92 Å². The Labute approximate surface area is 180 Å². The van der Waals surface area contributed by atoms with E-state index in [1.807, 2.05) is 23.3 Å². The predicted octanol–water partition coefficient (Wildman–Crippen LogP) is 0.993. The maximum atomic E-state index is 12.2. The van der Waals surface area contributed by atoms with Gasteiger partial charge < -0.3 is 20.0 Å². The van der Waals surface area contributed by atoms with E-state index in [4.69, 9.17) is 4.84 Å². The Balaban J connectivity index is 1.08. The van der Waals surface area contributed by atoms with Crippen molar-refractivity contribution < 1.29 is 9.63 Å². The third-order valence-electron chi connectivity index (χ3n) is 6.72. The van der Waals surface area contributed by atoms with Crippen LogP contribution >= 0.6 is 0 Å². The van der Waals surface area contributed by atoms with Crippen molar-refractivity contribution >= 4 is 5.97 Å². The molecule has 1 aromatic carbocycles. The number of piperazine rings is 2. The number of likely N-dealkylation sites (tertiary alicyclic amines) is 1. The van der Waals surface area contributed by atoms with Crippen LogP contribution in [0.4, 0.5) is 0 Å². The second-order valence-electron chi connectivity index (χ2n) is 8.85. The van der Waals surface area contributed by atoms with Crippen LogP contribution in [0.5, 0.6) is 0 Å². The quantitative estimate of drug-likeness (QED) is 0.713. The van der Waals surface area contributed by atoms with Crippen LogP contribution in [0.2, 0.25) is 0 Å². The van der Waals surface area contributed by atoms with Gasteiger partial charge in [-0.3, -0.25) is 4.90 Å². The van der Waals surface area contributed by atoms with Crippen molar-refractivity contribution in [1.29, 1.82) is 0 Å². The van der Waals surface area contributed by atoms with Crippen LogP contribution in [0.25, 0.3) is 0 Å². The van der Waals surface area contributed by atoms with Crippen molar-refractivity contribution in [3.8, 4) is 0 Å². The van der Waals surface area contributed by atoms with Gasteiger partial charge in [0.05, 0.1) is 5.56 Å². The number of nitrogens with zero attached hydrogens (tertiary/aromatic N) is 4. The van der Waals surface area contributed by atoms with Crippen molar-refractivity contribution in [1.82, 2.24) is 25.1 Å². The Kier molecular flexibility index (Phi) is 8.11. The summed E-state index contributed by atoms with van der Waals surface area (Å²) in [5, 5.41) is 5.26. The van der Waals surface area contributed by atoms with Gasteiger partial charge in [0.15, 0.2) is 0 Å². The molecule has 3 saturated heterocycles. The maximum Gasteiger partial charge on any atom is 0.357 e. The van der Waals surface area contributed by atoms with Gasteiger partial charge in [0.25, 0.3) is 0 Å². The average molecular weight is 416 g/mol. The smallest absolute Gasteiger partial charge is 0.357 e. The first-order valence-corrected chi connectivity index (χ1v) is 11.7. The third-order valence-corrected chi connectivity index (χ3v) is 6.72. The minimum absolute atomic E-state index is 0.257. The summed E-state index contributed by atoms with van der Waals surface area (Å²) in [4.78, 5) is 25.5. The molecule has 4 rings (SSSR count). The number of benzene rings is 1. The van der Waals surface area contributed by atoms with E-state index >= 15 is 0 Å². The average Bonchev–Trinajstić information content (AvgIpc) is 2.81. The molecule has 7 nitrogen and oxygen atoms in total. The molecule has 0 atom stereocenters. The standard InChI is InChI=1S/C23H37N5O2/c29-23(22-4-2-1-3-5-22)30-28-18-16-26(17-19-28)15-14-25-10-6-21(7-11-25)20-27-12-8-24-9-13-27/h1-5,21,24H,6-20H2. The van der Waals surface area contributed by atoms with Crippen LogP contribution in [-0.2, 0) is 4.84 Å². The van der Waals surface area contributed by atoms with Crippen LogP contribution in [0.1, 0.15) is 23.2 Å². The molecule has 0 unspecified atom stereocenters. The number of piperidine rings is 1. The number of nitrogens with one attached hydrogen (secondary N) is 1. The summed E-state index contributed by atoms with van der Waals surface area (Å²) in [7, 11) is 0. The number of carbonyl (C=O) groups excluding carboxylic acids is 1. The number of hydrogen-bond acceptors (Lipinski definition) is 7. The van der Waals surface area contributed by atoms with Crippen LogP contribution in [0.3, 0.4) is 0 Å². The van der Waals surface area contributed by atoms with E-state index < -0.39 is 0 Å². The van der Waals surface area contributed by atoms with Crippen molar-refractivity contribution in [3.05, 3.63) is 35.9 Å². The van der Waals surface area contributed by atoms with E-state index in [0.29, 0.717) is 5.56 Å². The molecule has 0 radical (unpaired) electrons. The minimum atomic E-state index is -0.257. The molecule has 0 saturated carbocycles. The van der Waals surface area contributed by atoms with Gasteiger partial charge in [-0.05, 0) is 44.0 Å². The highest BCUT2D eigenvalue weighted by Crippen LogP contribution is 2.18. The summed E-state index contributed by atoms with van der Waals surface area (Å²) in [5.74, 6) is 0.620. The number of rotatable bonds is 7. The molecular formula is C23H37N5O2. The molecule has 3 heterocycles. The van der Waals surface area contributed by atoms with Crippen LogP contribution < -0.4 is 5.32 Å². The molecule has 7 heteroatoms. The Hall–Kier alpha value is -1.51. The summed E-state index contributed by atoms with van der Waals surface area (Å²) in [6, 6.07) is 9.23. The Morgan fingerprint density at radius 3 is 2.13 bits per heavy atom. The molecule has 30 heavy (non-hydrogen) atoms. The highest BCUT2D eigenvalue weighted by molar-refractivity contribution is 5.89. The van der Waals surface area contributed by atoms with E-state index in [1.165, 1.54) is 45.6 Å². The lowest BCUT2D eigenvalue weighted by molar-refractivity contribution is -0.130. The molecule has 0 bridgehead atoms. The molecule has 1 aromatic rings. The predicted molar refractivity (Wildman–Crippen MR) is 118 cm³/mol. The van der Waals surface area contributed by atoms with Gasteiger partial charge in [0.2, 0.25) is 0 Å². The van der Waals surface area contributed by atoms with Gasteiger partial charge in [-0.15, -0.1) is 5.06 Å². The van der Waals surface area contributed by atoms with Crippen molar-refractivity contribution in [2.75, 3.05) is 85.1 Å². The normalized spacial score (nSPS) is 23.5. The topological polar surface area (TPSA) is 51.3 Å². The summed E-state index contributed by atoms with van der Waals surface area (Å²) in [5.41, 5.74) is 0.611. The second-order valence-corrected chi connectivity index (χ2v) is 8.85. The first-order chi connectivity index (χ1) is 14.8. The molecule has 3 aliphatic rings. The first-order valence-electron chi connectivity index (χ1n) is 11.7. The molecule has 0 aromatic heterocycles. The Morgan fingerprint density at radius 2 is 1.47 bits per heavy atom. The lowest BCUT2D eigenvalue weighted by atomic mass is 9.96. The van der Waals surface area contributed by atoms with Crippen molar-refractivity contribution in [3.63, 3.8) is 0 Å². The number of hydroxylamine groups is 2. The SMILES string of the molecule is O=C(ON1CCN(CCN2CCC(CN3CCNCC3)CC2)CC1)c1ccccc1. The Morgan fingerprint density at radius 1 is 0.833 bits per heavy atom. The van der Waals surface area contributed by atoms with E-state index in [0.717, 1.165) is 58.3 Å². The number of carbonyl (C=O) groups is 1. The van der Waals surface area contributed by atoms with Crippen LogP contribution in [-0.4, -0.2) is 111 Å². The zero-order valence-corrected chi connectivity index (χ0v) is 18.2. The molecule has 3 fully saturated rings. The second kappa shape index (κ2) is 11.2. The summed E-state index contributed by atoms with van der Waals surface area (Å²) in [6.07, 6.45) is 2.68. The van der Waals surface area contributed by atoms with Crippen molar-refractivity contribution in [2.24, 2.45) is 5.92 Å². The van der Waals surface area contributed by atoms with E-state index in [9.17, 15) is 4.79 Å². The summed E-state index contributed by atoms with van der Waals surface area (Å²) in [6.45, 7) is 14.3. The van der Waals surface area contributed by atoms with E-state index in [1.54, 1.807) is 12.1 Å². The summed E-state index contributed by atoms with van der Waals surface area (Å²) < 4.78 is 0. The summed E-state index contributed by atoms with van der Waals surface area (Å²) >= 11 is 0. The molecule has 1 N–H and O–H groups in total. The molecule has 0 amide bonds. The van der Waals surface area contributed by atoms with Crippen LogP contribution in [0.15, 0.2) is 30.3 Å². The lowest BCUT2D eigenvalue weighted by Crippen LogP contribution is -2.50. The van der Waals surface area contributed by atoms with Gasteiger partial charge in [0, 0.05) is 72.0 Å². The largest absolute Gasteiger partial charge is 0.364 e. The van der Waals surface area contributed by atoms with Gasteiger partial charge in [-0.2, -0.15) is 0 Å². The van der Waals surface area contributed by atoms with Gasteiger partial charge in [0.1, 0.15) is 0 Å². The van der Waals surface area contributed by atoms with E-state index in [2.05, 4.69) is 20.0 Å². The highest BCUT2D eigenvalue weighted by atomic mass is 16.7. The first kappa shape index (κ1) is 21.7. The molecule has 0 aliphatic carbocycles. The fourth-order valence-corrected chi connectivity index (χ4v) is 4.72. The van der Waals surface area contributed by atoms with Gasteiger partial charge in [-0.25, -0.2) is 4.79 Å². The van der Waals surface area contributed by atoms with E-state index in [-0.39, 0.29) is 5.97 Å². The zero-order valence-electron chi connectivity index (χ0n) is 18.2. The third kappa shape index (κ3) is 6.49. The highest BCUT2D eigenvalue weighted by Gasteiger charge is 2.24. The molecular weight excluding hydrogens is 378 g/mol. The Bertz CT molecular complexity index is 636. The fourth-order valence-electron chi connectivity index (χ4n) is 4.72. The molecule has 166 valence electrons. The zero-order chi connectivity index (χ0) is 20.6.